The van der Waals surface area contributed by atoms with Crippen LogP contribution in [-0.2, 0) is 9.59 Å². The van der Waals surface area contributed by atoms with Gasteiger partial charge in [0, 0.05) is 56.1 Å². The second-order valence-corrected chi connectivity index (χ2v) is 7.20. The maximum Gasteiger partial charge on any atom is 0.252 e. The number of rotatable bonds is 5. The molecule has 0 spiro atoms. The lowest BCUT2D eigenvalue weighted by molar-refractivity contribution is -0.140. The maximum atomic E-state index is 12.4. The van der Waals surface area contributed by atoms with E-state index in [9.17, 15) is 14.4 Å². The molecule has 25 heavy (non-hydrogen) atoms. The molecule has 8 heteroatoms. The Morgan fingerprint density at radius 3 is 3.00 bits per heavy atom. The molecule has 1 atom stereocenters. The lowest BCUT2D eigenvalue weighted by Gasteiger charge is -2.41. The van der Waals surface area contributed by atoms with E-state index in [1.54, 1.807) is 11.4 Å². The van der Waals surface area contributed by atoms with Gasteiger partial charge in [-0.15, -0.1) is 0 Å². The summed E-state index contributed by atoms with van der Waals surface area (Å²) in [5, 5.41) is 9.50. The first kappa shape index (κ1) is 17.9. The van der Waals surface area contributed by atoms with Crippen molar-refractivity contribution in [3.63, 3.8) is 0 Å². The van der Waals surface area contributed by atoms with Crippen molar-refractivity contribution in [2.45, 2.75) is 25.3 Å². The summed E-state index contributed by atoms with van der Waals surface area (Å²) in [5.41, 5.74) is 0.632. The quantitative estimate of drug-likeness (QED) is 0.787. The molecule has 7 nitrogen and oxygen atoms in total. The van der Waals surface area contributed by atoms with Gasteiger partial charge in [0.1, 0.15) is 0 Å². The minimum Gasteiger partial charge on any atom is -0.351 e. The molecule has 2 aliphatic heterocycles. The molecule has 136 valence electrons. The van der Waals surface area contributed by atoms with Crippen LogP contribution in [0.5, 0.6) is 0 Å². The normalized spacial score (nSPS) is 21.3. The van der Waals surface area contributed by atoms with Crippen molar-refractivity contribution >= 4 is 29.1 Å². The average Bonchev–Trinajstić information content (AvgIpc) is 3.17. The van der Waals surface area contributed by atoms with Gasteiger partial charge in [-0.2, -0.15) is 11.3 Å². The molecule has 2 fully saturated rings. The van der Waals surface area contributed by atoms with Crippen LogP contribution in [0.25, 0.3) is 0 Å². The molecule has 0 saturated carbocycles. The van der Waals surface area contributed by atoms with Gasteiger partial charge < -0.3 is 20.4 Å². The van der Waals surface area contributed by atoms with Crippen LogP contribution in [0, 0.1) is 0 Å². The lowest BCUT2D eigenvalue weighted by atomic mass is 10.0. The van der Waals surface area contributed by atoms with E-state index in [0.717, 1.165) is 25.9 Å². The predicted octanol–water partition coefficient (Wildman–Crippen LogP) is 0.291. The van der Waals surface area contributed by atoms with E-state index in [2.05, 4.69) is 10.6 Å². The van der Waals surface area contributed by atoms with Crippen LogP contribution < -0.4 is 10.6 Å². The highest BCUT2D eigenvalue weighted by Crippen LogP contribution is 2.17. The van der Waals surface area contributed by atoms with Crippen LogP contribution in [0.4, 0.5) is 0 Å². The number of hydrogen-bond donors (Lipinski definition) is 2. The molecule has 2 aliphatic rings. The van der Waals surface area contributed by atoms with Gasteiger partial charge in [-0.05, 0) is 24.3 Å². The largest absolute Gasteiger partial charge is 0.351 e. The lowest BCUT2D eigenvalue weighted by Crippen LogP contribution is -2.57. The zero-order valence-electron chi connectivity index (χ0n) is 14.2. The first-order valence-electron chi connectivity index (χ1n) is 8.73. The van der Waals surface area contributed by atoms with Crippen LogP contribution in [0.1, 0.15) is 29.6 Å². The van der Waals surface area contributed by atoms with E-state index in [-0.39, 0.29) is 30.2 Å². The summed E-state index contributed by atoms with van der Waals surface area (Å²) in [4.78, 5) is 40.1. The number of carbonyl (C=O) groups excluding carboxylic acids is 3. The summed E-state index contributed by atoms with van der Waals surface area (Å²) in [6.07, 6.45) is 2.15. The molecule has 3 heterocycles. The Balaban J connectivity index is 1.45. The average molecular weight is 364 g/mol. The molecule has 1 aromatic heterocycles. The highest BCUT2D eigenvalue weighted by Gasteiger charge is 2.31. The molecular weight excluding hydrogens is 340 g/mol. The fourth-order valence-corrected chi connectivity index (χ4v) is 4.02. The van der Waals surface area contributed by atoms with Gasteiger partial charge in [-0.25, -0.2) is 0 Å². The minimum atomic E-state index is -0.142. The Kier molecular flexibility index (Phi) is 6.04. The number of piperazine rings is 1. The van der Waals surface area contributed by atoms with Crippen molar-refractivity contribution in [1.82, 2.24) is 20.4 Å². The van der Waals surface area contributed by atoms with Gasteiger partial charge in [-0.3, -0.25) is 14.4 Å². The van der Waals surface area contributed by atoms with Gasteiger partial charge in [0.05, 0.1) is 6.54 Å². The molecule has 0 aromatic carbocycles. The van der Waals surface area contributed by atoms with Crippen LogP contribution >= 0.6 is 11.3 Å². The SMILES string of the molecule is O=C(NCCC(=O)N1CCCC(N2CCNCC2=O)C1)c1ccsc1. The maximum absolute atomic E-state index is 12.4. The molecule has 3 amide bonds. The summed E-state index contributed by atoms with van der Waals surface area (Å²) in [7, 11) is 0. The van der Waals surface area contributed by atoms with Gasteiger partial charge in [0.25, 0.3) is 5.91 Å². The first-order chi connectivity index (χ1) is 12.1. The standard InChI is InChI=1S/C17H24N4O3S/c22-15(3-5-19-17(24)13-4-9-25-12-13)20-7-1-2-14(11-20)21-8-6-18-10-16(21)23/h4,9,12,14,18H,1-3,5-8,10-11H2,(H,19,24). The zero-order valence-corrected chi connectivity index (χ0v) is 15.0. The molecule has 2 saturated heterocycles. The first-order valence-corrected chi connectivity index (χ1v) is 9.68. The Bertz CT molecular complexity index is 619. The van der Waals surface area contributed by atoms with E-state index in [1.807, 2.05) is 15.2 Å². The van der Waals surface area contributed by atoms with Gasteiger partial charge >= 0.3 is 0 Å². The summed E-state index contributed by atoms with van der Waals surface area (Å²) >= 11 is 1.47. The Morgan fingerprint density at radius 2 is 2.24 bits per heavy atom. The van der Waals surface area contributed by atoms with E-state index >= 15 is 0 Å². The topological polar surface area (TPSA) is 81.8 Å². The third kappa shape index (κ3) is 4.58. The van der Waals surface area contributed by atoms with Crippen molar-refractivity contribution in [1.29, 1.82) is 0 Å². The fourth-order valence-electron chi connectivity index (χ4n) is 3.38. The highest BCUT2D eigenvalue weighted by molar-refractivity contribution is 7.08. The highest BCUT2D eigenvalue weighted by atomic mass is 32.1. The summed E-state index contributed by atoms with van der Waals surface area (Å²) in [6, 6.07) is 1.88. The third-order valence-corrected chi connectivity index (χ3v) is 5.41. The number of nitrogens with zero attached hydrogens (tertiary/aromatic N) is 2. The fraction of sp³-hybridized carbons (Fsp3) is 0.588. The number of amides is 3. The van der Waals surface area contributed by atoms with Crippen LogP contribution in [-0.4, -0.2) is 72.8 Å². The summed E-state index contributed by atoms with van der Waals surface area (Å²) in [5.74, 6) is 0.0171. The molecule has 0 radical (unpaired) electrons. The number of hydrogen-bond acceptors (Lipinski definition) is 5. The van der Waals surface area contributed by atoms with E-state index in [1.165, 1.54) is 11.3 Å². The molecule has 0 bridgehead atoms. The van der Waals surface area contributed by atoms with Crippen molar-refractivity contribution in [3.8, 4) is 0 Å². The van der Waals surface area contributed by atoms with E-state index < -0.39 is 0 Å². The summed E-state index contributed by atoms with van der Waals surface area (Å²) < 4.78 is 0. The molecule has 1 aromatic rings. The molecule has 1 unspecified atom stereocenters. The molecule has 0 aliphatic carbocycles. The monoisotopic (exact) mass is 364 g/mol. The predicted molar refractivity (Wildman–Crippen MR) is 95.5 cm³/mol. The van der Waals surface area contributed by atoms with Crippen LogP contribution in [0.2, 0.25) is 0 Å². The van der Waals surface area contributed by atoms with Gasteiger partial charge in [-0.1, -0.05) is 0 Å². The number of nitrogens with one attached hydrogen (secondary N) is 2. The molecule has 2 N–H and O–H groups in total. The molecule has 3 rings (SSSR count). The second-order valence-electron chi connectivity index (χ2n) is 6.42. The van der Waals surface area contributed by atoms with Gasteiger partial charge in [0.2, 0.25) is 11.8 Å². The number of piperidine rings is 1. The third-order valence-electron chi connectivity index (χ3n) is 4.72. The van der Waals surface area contributed by atoms with Crippen molar-refractivity contribution < 1.29 is 14.4 Å². The Hall–Kier alpha value is -1.93. The second kappa shape index (κ2) is 8.44. The van der Waals surface area contributed by atoms with Crippen molar-refractivity contribution in [2.24, 2.45) is 0 Å². The zero-order chi connectivity index (χ0) is 17.6. The Labute approximate surface area is 151 Å². The minimum absolute atomic E-state index is 0.0397. The van der Waals surface area contributed by atoms with Crippen LogP contribution in [0.3, 0.4) is 0 Å². The van der Waals surface area contributed by atoms with Crippen LogP contribution in [0.15, 0.2) is 16.8 Å². The summed E-state index contributed by atoms with van der Waals surface area (Å²) in [6.45, 7) is 3.57. The number of thiophene rings is 1. The van der Waals surface area contributed by atoms with Crippen molar-refractivity contribution in [3.05, 3.63) is 22.4 Å². The Morgan fingerprint density at radius 1 is 1.36 bits per heavy atom. The van der Waals surface area contributed by atoms with E-state index in [4.69, 9.17) is 0 Å². The number of likely N-dealkylation sites (tertiary alicyclic amines) is 1. The van der Waals surface area contributed by atoms with E-state index in [0.29, 0.717) is 31.7 Å². The van der Waals surface area contributed by atoms with Gasteiger partial charge in [0.15, 0.2) is 0 Å². The smallest absolute Gasteiger partial charge is 0.252 e. The molecular formula is C17H24N4O3S. The number of carbonyl (C=O) groups is 3. The van der Waals surface area contributed by atoms with Crippen molar-refractivity contribution in [2.75, 3.05) is 39.3 Å².